The number of rotatable bonds is 6. The van der Waals surface area contributed by atoms with Crippen LogP contribution in [0.1, 0.15) is 35.6 Å². The normalized spacial score (nSPS) is 17.4. The lowest BCUT2D eigenvalue weighted by Gasteiger charge is -2.35. The third-order valence-corrected chi connectivity index (χ3v) is 6.73. The maximum absolute atomic E-state index is 11.3. The minimum atomic E-state index is 0.351. The molecule has 26 heavy (non-hydrogen) atoms. The van der Waals surface area contributed by atoms with Crippen LogP contribution in [0.5, 0.6) is 0 Å². The molecule has 1 atom stereocenters. The minimum absolute atomic E-state index is 0.351. The first-order chi connectivity index (χ1) is 12.8. The Morgan fingerprint density at radius 3 is 2.73 bits per heavy atom. The Labute approximate surface area is 158 Å². The molecule has 3 nitrogen and oxygen atoms in total. The summed E-state index contributed by atoms with van der Waals surface area (Å²) in [6.07, 6.45) is 7.84. The Balaban J connectivity index is 1.44. The van der Waals surface area contributed by atoms with Crippen LogP contribution in [0.25, 0.3) is 10.1 Å². The van der Waals surface area contributed by atoms with Crippen molar-refractivity contribution in [1.29, 1.82) is 0 Å². The first kappa shape index (κ1) is 17.4. The number of aromatic nitrogens is 1. The molecule has 0 amide bonds. The van der Waals surface area contributed by atoms with Gasteiger partial charge in [0.2, 0.25) is 0 Å². The molecule has 1 saturated heterocycles. The summed E-state index contributed by atoms with van der Waals surface area (Å²) < 4.78 is 1.22. The van der Waals surface area contributed by atoms with Crippen LogP contribution < -0.4 is 0 Å². The molecule has 1 aromatic carbocycles. The molecule has 0 saturated carbocycles. The highest BCUT2D eigenvalue weighted by Crippen LogP contribution is 2.40. The van der Waals surface area contributed by atoms with E-state index in [0.717, 1.165) is 38.8 Å². The molecule has 0 N–H and O–H groups in total. The van der Waals surface area contributed by atoms with Crippen molar-refractivity contribution in [3.63, 3.8) is 0 Å². The van der Waals surface area contributed by atoms with Gasteiger partial charge in [0.1, 0.15) is 6.29 Å². The largest absolute Gasteiger partial charge is 0.303 e. The highest BCUT2D eigenvalue weighted by atomic mass is 32.1. The fraction of sp³-hybridized carbons (Fsp3) is 0.364. The molecule has 2 aromatic heterocycles. The molecule has 0 radical (unpaired) electrons. The lowest BCUT2D eigenvalue weighted by molar-refractivity contribution is -0.108. The molecular formula is C22H24N2OS. The third-order valence-electron chi connectivity index (χ3n) is 5.51. The van der Waals surface area contributed by atoms with Crippen LogP contribution in [0.15, 0.2) is 54.9 Å². The molecule has 1 fully saturated rings. The number of thiophene rings is 1. The second kappa shape index (κ2) is 8.11. The number of likely N-dealkylation sites (tertiary alicyclic amines) is 1. The van der Waals surface area contributed by atoms with Crippen LogP contribution in [0.2, 0.25) is 0 Å². The monoisotopic (exact) mass is 364 g/mol. The molecule has 1 unspecified atom stereocenters. The van der Waals surface area contributed by atoms with E-state index in [1.807, 2.05) is 23.7 Å². The maximum atomic E-state index is 11.3. The van der Waals surface area contributed by atoms with Gasteiger partial charge in [-0.2, -0.15) is 0 Å². The summed E-state index contributed by atoms with van der Waals surface area (Å²) in [5.41, 5.74) is 1.38. The van der Waals surface area contributed by atoms with Crippen LogP contribution in [0, 0.1) is 5.92 Å². The number of aldehydes is 1. The maximum Gasteiger partial charge on any atom is 0.120 e. The summed E-state index contributed by atoms with van der Waals surface area (Å²) in [6, 6.07) is 15.0. The second-order valence-corrected chi connectivity index (χ2v) is 8.29. The van der Waals surface area contributed by atoms with E-state index in [1.54, 1.807) is 0 Å². The topological polar surface area (TPSA) is 33.2 Å². The highest BCUT2D eigenvalue weighted by Gasteiger charge is 2.28. The number of hydrogen-bond acceptors (Lipinski definition) is 4. The minimum Gasteiger partial charge on any atom is -0.303 e. The summed E-state index contributed by atoms with van der Waals surface area (Å²) in [5, 5.41) is 1.25. The van der Waals surface area contributed by atoms with Gasteiger partial charge in [0.05, 0.1) is 4.70 Å². The lowest BCUT2D eigenvalue weighted by Crippen LogP contribution is -2.35. The van der Waals surface area contributed by atoms with Gasteiger partial charge in [0.25, 0.3) is 0 Å². The second-order valence-electron chi connectivity index (χ2n) is 7.17. The average Bonchev–Trinajstić information content (AvgIpc) is 3.11. The SMILES string of the molecule is O=CCC(c1cc2ccncc2s1)C1CCN(Cc2ccccc2)CC1. The molecule has 4 rings (SSSR count). The number of carbonyl (C=O) groups excluding carboxylic acids is 1. The first-order valence-electron chi connectivity index (χ1n) is 9.37. The van der Waals surface area contributed by atoms with E-state index in [-0.39, 0.29) is 0 Å². The van der Waals surface area contributed by atoms with Gasteiger partial charge >= 0.3 is 0 Å². The molecule has 0 spiro atoms. The molecule has 4 heteroatoms. The van der Waals surface area contributed by atoms with E-state index >= 15 is 0 Å². The predicted molar refractivity (Wildman–Crippen MR) is 107 cm³/mol. The number of carbonyl (C=O) groups is 1. The quantitative estimate of drug-likeness (QED) is 0.584. The Kier molecular flexibility index (Phi) is 5.42. The average molecular weight is 365 g/mol. The van der Waals surface area contributed by atoms with Gasteiger partial charge in [-0.15, -0.1) is 11.3 Å². The van der Waals surface area contributed by atoms with Gasteiger partial charge in [0.15, 0.2) is 0 Å². The van der Waals surface area contributed by atoms with E-state index in [9.17, 15) is 4.79 Å². The van der Waals surface area contributed by atoms with Crippen molar-refractivity contribution < 1.29 is 4.79 Å². The molecule has 3 aromatic rings. The fourth-order valence-corrected chi connectivity index (χ4v) is 5.33. The van der Waals surface area contributed by atoms with Crippen LogP contribution >= 0.6 is 11.3 Å². The van der Waals surface area contributed by atoms with Crippen LogP contribution in [0.4, 0.5) is 0 Å². The van der Waals surface area contributed by atoms with Gasteiger partial charge in [0, 0.05) is 36.2 Å². The first-order valence-corrected chi connectivity index (χ1v) is 10.2. The van der Waals surface area contributed by atoms with Crippen molar-refractivity contribution in [2.24, 2.45) is 5.92 Å². The van der Waals surface area contributed by atoms with Crippen LogP contribution in [-0.4, -0.2) is 29.3 Å². The summed E-state index contributed by atoms with van der Waals surface area (Å²) in [4.78, 5) is 19.5. The van der Waals surface area contributed by atoms with Gasteiger partial charge in [-0.1, -0.05) is 30.3 Å². The zero-order valence-electron chi connectivity index (χ0n) is 14.9. The summed E-state index contributed by atoms with van der Waals surface area (Å²) in [7, 11) is 0. The lowest BCUT2D eigenvalue weighted by atomic mass is 9.81. The highest BCUT2D eigenvalue weighted by molar-refractivity contribution is 7.19. The zero-order chi connectivity index (χ0) is 17.8. The molecule has 0 bridgehead atoms. The zero-order valence-corrected chi connectivity index (χ0v) is 15.7. The van der Waals surface area contributed by atoms with Crippen molar-refractivity contribution in [3.8, 4) is 0 Å². The van der Waals surface area contributed by atoms with Gasteiger partial charge in [-0.25, -0.2) is 0 Å². The van der Waals surface area contributed by atoms with Crippen molar-refractivity contribution in [3.05, 3.63) is 65.3 Å². The number of piperidine rings is 1. The van der Waals surface area contributed by atoms with E-state index in [0.29, 0.717) is 18.3 Å². The summed E-state index contributed by atoms with van der Waals surface area (Å²) in [6.45, 7) is 3.25. The van der Waals surface area contributed by atoms with E-state index in [1.165, 1.54) is 20.5 Å². The number of benzene rings is 1. The Morgan fingerprint density at radius 1 is 1.19 bits per heavy atom. The molecule has 0 aliphatic carbocycles. The molecular weight excluding hydrogens is 340 g/mol. The number of pyridine rings is 1. The standard InChI is InChI=1S/C22H24N2OS/c25-13-9-20(21-14-19-6-10-23-15-22(19)26-21)18-7-11-24(12-8-18)16-17-4-2-1-3-5-17/h1-6,10,13-15,18,20H,7-9,11-12,16H2. The summed E-state index contributed by atoms with van der Waals surface area (Å²) >= 11 is 1.81. The van der Waals surface area contributed by atoms with Gasteiger partial charge < -0.3 is 4.79 Å². The van der Waals surface area contributed by atoms with Crippen LogP contribution in [0.3, 0.4) is 0 Å². The fourth-order valence-electron chi connectivity index (χ4n) is 4.09. The van der Waals surface area contributed by atoms with Crippen molar-refractivity contribution >= 4 is 27.7 Å². The molecule has 134 valence electrons. The number of fused-ring (bicyclic) bond motifs is 1. The molecule has 3 heterocycles. The van der Waals surface area contributed by atoms with E-state index in [4.69, 9.17) is 0 Å². The molecule has 1 aliphatic heterocycles. The smallest absolute Gasteiger partial charge is 0.120 e. The molecule has 1 aliphatic rings. The van der Waals surface area contributed by atoms with E-state index < -0.39 is 0 Å². The third kappa shape index (κ3) is 3.87. The number of nitrogens with zero attached hydrogens (tertiary/aromatic N) is 2. The van der Waals surface area contributed by atoms with Crippen LogP contribution in [-0.2, 0) is 11.3 Å². The Hall–Kier alpha value is -2.04. The van der Waals surface area contributed by atoms with E-state index in [2.05, 4.69) is 52.3 Å². The Morgan fingerprint density at radius 2 is 2.00 bits per heavy atom. The van der Waals surface area contributed by atoms with Crippen molar-refractivity contribution in [1.82, 2.24) is 9.88 Å². The van der Waals surface area contributed by atoms with Gasteiger partial charge in [-0.05, 0) is 54.9 Å². The van der Waals surface area contributed by atoms with Crippen molar-refractivity contribution in [2.75, 3.05) is 13.1 Å². The van der Waals surface area contributed by atoms with Crippen molar-refractivity contribution in [2.45, 2.75) is 31.7 Å². The summed E-state index contributed by atoms with van der Waals surface area (Å²) in [5.74, 6) is 0.942. The predicted octanol–water partition coefficient (Wildman–Crippen LogP) is 4.88. The number of hydrogen-bond donors (Lipinski definition) is 0. The Bertz CT molecular complexity index is 820. The van der Waals surface area contributed by atoms with Gasteiger partial charge in [-0.3, -0.25) is 9.88 Å².